The van der Waals surface area contributed by atoms with E-state index in [0.29, 0.717) is 38.1 Å². The fourth-order valence-corrected chi connectivity index (χ4v) is 3.38. The molecule has 0 unspecified atom stereocenters. The summed E-state index contributed by atoms with van der Waals surface area (Å²) >= 11 is 0. The molecule has 0 aromatic carbocycles. The van der Waals surface area contributed by atoms with Crippen LogP contribution in [0.15, 0.2) is 4.99 Å². The first-order chi connectivity index (χ1) is 12.8. The SMILES string of the molecule is COCCN1CCC(CN=C(N)N2CCN(C(=O)OC(C)(C)C)CC2)CC1.I. The van der Waals surface area contributed by atoms with Crippen LogP contribution >= 0.6 is 24.0 Å². The molecule has 0 spiro atoms. The second-order valence-corrected chi connectivity index (χ2v) is 8.43. The van der Waals surface area contributed by atoms with E-state index in [9.17, 15) is 4.79 Å². The van der Waals surface area contributed by atoms with Gasteiger partial charge in [0.15, 0.2) is 5.96 Å². The summed E-state index contributed by atoms with van der Waals surface area (Å²) in [5, 5.41) is 0. The Balaban J connectivity index is 0.00000392. The van der Waals surface area contributed by atoms with Gasteiger partial charge >= 0.3 is 6.09 Å². The van der Waals surface area contributed by atoms with E-state index in [1.165, 1.54) is 0 Å². The average Bonchev–Trinajstić information content (AvgIpc) is 2.64. The number of hydrogen-bond donors (Lipinski definition) is 1. The van der Waals surface area contributed by atoms with Crippen LogP contribution in [0.25, 0.3) is 0 Å². The maximum Gasteiger partial charge on any atom is 0.410 e. The van der Waals surface area contributed by atoms with Crippen LogP contribution in [0.1, 0.15) is 33.6 Å². The van der Waals surface area contributed by atoms with E-state index in [2.05, 4.69) is 14.8 Å². The molecule has 2 aliphatic rings. The number of nitrogens with zero attached hydrogens (tertiary/aromatic N) is 4. The summed E-state index contributed by atoms with van der Waals surface area (Å²) in [7, 11) is 1.75. The molecule has 0 bridgehead atoms. The van der Waals surface area contributed by atoms with Crippen molar-refractivity contribution >= 4 is 36.0 Å². The summed E-state index contributed by atoms with van der Waals surface area (Å²) < 4.78 is 10.6. The van der Waals surface area contributed by atoms with Crippen molar-refractivity contribution < 1.29 is 14.3 Å². The van der Waals surface area contributed by atoms with Gasteiger partial charge in [-0.2, -0.15) is 0 Å². The van der Waals surface area contributed by atoms with Crippen LogP contribution in [0.3, 0.4) is 0 Å². The molecule has 2 aliphatic heterocycles. The molecule has 0 atom stereocenters. The highest BCUT2D eigenvalue weighted by Crippen LogP contribution is 2.17. The van der Waals surface area contributed by atoms with Gasteiger partial charge in [0.05, 0.1) is 6.61 Å². The zero-order valence-corrected chi connectivity index (χ0v) is 20.2. The van der Waals surface area contributed by atoms with E-state index in [1.54, 1.807) is 12.0 Å². The van der Waals surface area contributed by atoms with Gasteiger partial charge in [-0.1, -0.05) is 0 Å². The van der Waals surface area contributed by atoms with Gasteiger partial charge in [-0.25, -0.2) is 4.79 Å². The van der Waals surface area contributed by atoms with Gasteiger partial charge in [-0.3, -0.25) is 4.99 Å². The minimum absolute atomic E-state index is 0. The third-order valence-corrected chi connectivity index (χ3v) is 5.09. The third-order valence-electron chi connectivity index (χ3n) is 5.09. The largest absolute Gasteiger partial charge is 0.444 e. The zero-order chi connectivity index (χ0) is 19.9. The van der Waals surface area contributed by atoms with E-state index >= 15 is 0 Å². The molecule has 1 amide bonds. The summed E-state index contributed by atoms with van der Waals surface area (Å²) in [6.45, 7) is 13.1. The van der Waals surface area contributed by atoms with Gasteiger partial charge in [0.2, 0.25) is 0 Å². The van der Waals surface area contributed by atoms with E-state index < -0.39 is 5.60 Å². The van der Waals surface area contributed by atoms with Crippen LogP contribution in [-0.2, 0) is 9.47 Å². The quantitative estimate of drug-likeness (QED) is 0.345. The van der Waals surface area contributed by atoms with Crippen LogP contribution in [-0.4, -0.2) is 98.4 Å². The van der Waals surface area contributed by atoms with Gasteiger partial charge in [0.25, 0.3) is 0 Å². The molecule has 2 heterocycles. The molecule has 0 radical (unpaired) electrons. The highest BCUT2D eigenvalue weighted by molar-refractivity contribution is 14.0. The number of amides is 1. The first kappa shape index (κ1) is 25.2. The molecule has 2 rings (SSSR count). The standard InChI is InChI=1S/C19H37N5O3.HI/c1-19(2,3)27-18(25)24-11-9-23(10-12-24)17(20)21-15-16-5-7-22(8-6-16)13-14-26-4;/h16H,5-15H2,1-4H3,(H2,20,21);1H. The van der Waals surface area contributed by atoms with Crippen LogP contribution in [0, 0.1) is 5.92 Å². The fraction of sp³-hybridized carbons (Fsp3) is 0.895. The summed E-state index contributed by atoms with van der Waals surface area (Å²) in [6, 6.07) is 0. The van der Waals surface area contributed by atoms with Crippen LogP contribution in [0.4, 0.5) is 4.79 Å². The lowest BCUT2D eigenvalue weighted by Crippen LogP contribution is -2.53. The van der Waals surface area contributed by atoms with Crippen molar-refractivity contribution in [1.82, 2.24) is 14.7 Å². The Morgan fingerprint density at radius 3 is 2.18 bits per heavy atom. The van der Waals surface area contributed by atoms with Crippen molar-refractivity contribution in [2.75, 3.05) is 66.1 Å². The molecule has 0 aliphatic carbocycles. The Morgan fingerprint density at radius 1 is 1.07 bits per heavy atom. The van der Waals surface area contributed by atoms with Crippen molar-refractivity contribution in [3.63, 3.8) is 0 Å². The van der Waals surface area contributed by atoms with E-state index in [0.717, 1.165) is 45.6 Å². The smallest absolute Gasteiger partial charge is 0.410 e. The minimum Gasteiger partial charge on any atom is -0.444 e. The van der Waals surface area contributed by atoms with Crippen molar-refractivity contribution in [1.29, 1.82) is 0 Å². The van der Waals surface area contributed by atoms with Gasteiger partial charge in [0, 0.05) is 46.4 Å². The molecule has 2 N–H and O–H groups in total. The Hall–Kier alpha value is -0.810. The number of ether oxygens (including phenoxy) is 2. The summed E-state index contributed by atoms with van der Waals surface area (Å²) in [5.74, 6) is 1.20. The topological polar surface area (TPSA) is 83.6 Å². The Kier molecular flexibility index (Phi) is 10.8. The maximum absolute atomic E-state index is 12.1. The molecular formula is C19H38IN5O3. The third kappa shape index (κ3) is 8.69. The molecule has 28 heavy (non-hydrogen) atoms. The number of halogens is 1. The lowest BCUT2D eigenvalue weighted by molar-refractivity contribution is 0.0186. The monoisotopic (exact) mass is 511 g/mol. The van der Waals surface area contributed by atoms with E-state index in [-0.39, 0.29) is 30.1 Å². The Bertz CT molecular complexity index is 496. The van der Waals surface area contributed by atoms with Crippen molar-refractivity contribution in [2.24, 2.45) is 16.6 Å². The molecule has 8 nitrogen and oxygen atoms in total. The number of likely N-dealkylation sites (tertiary alicyclic amines) is 1. The lowest BCUT2D eigenvalue weighted by atomic mass is 9.97. The Labute approximate surface area is 186 Å². The van der Waals surface area contributed by atoms with Gasteiger partial charge in [0.1, 0.15) is 5.60 Å². The first-order valence-electron chi connectivity index (χ1n) is 10.0. The zero-order valence-electron chi connectivity index (χ0n) is 17.9. The molecule has 2 fully saturated rings. The van der Waals surface area contributed by atoms with Gasteiger partial charge in [-0.15, -0.1) is 24.0 Å². The first-order valence-corrected chi connectivity index (χ1v) is 10.0. The molecular weight excluding hydrogens is 473 g/mol. The molecule has 0 saturated carbocycles. The molecule has 2 saturated heterocycles. The number of aliphatic imine (C=N–C) groups is 1. The second kappa shape index (κ2) is 12.0. The minimum atomic E-state index is -0.464. The van der Waals surface area contributed by atoms with Crippen molar-refractivity contribution in [2.45, 2.75) is 39.2 Å². The Morgan fingerprint density at radius 2 is 1.64 bits per heavy atom. The average molecular weight is 511 g/mol. The number of methoxy groups -OCH3 is 1. The number of carbonyl (C=O) groups excluding carboxylic acids is 1. The second-order valence-electron chi connectivity index (χ2n) is 8.43. The lowest BCUT2D eigenvalue weighted by Gasteiger charge is -2.36. The van der Waals surface area contributed by atoms with Crippen molar-refractivity contribution in [3.05, 3.63) is 0 Å². The van der Waals surface area contributed by atoms with Crippen LogP contribution < -0.4 is 5.73 Å². The number of piperazine rings is 1. The van der Waals surface area contributed by atoms with Crippen LogP contribution in [0.5, 0.6) is 0 Å². The number of guanidine groups is 1. The number of nitrogens with two attached hydrogens (primary N) is 1. The van der Waals surface area contributed by atoms with E-state index in [1.807, 2.05) is 20.8 Å². The molecule has 164 valence electrons. The molecule has 0 aromatic rings. The molecule has 9 heteroatoms. The summed E-state index contributed by atoms with van der Waals surface area (Å²) in [4.78, 5) is 23.0. The maximum atomic E-state index is 12.1. The van der Waals surface area contributed by atoms with Gasteiger partial charge in [-0.05, 0) is 52.6 Å². The fourth-order valence-electron chi connectivity index (χ4n) is 3.38. The molecule has 0 aromatic heterocycles. The van der Waals surface area contributed by atoms with Crippen molar-refractivity contribution in [3.8, 4) is 0 Å². The number of carbonyl (C=O) groups is 1. The highest BCUT2D eigenvalue weighted by atomic mass is 127. The van der Waals surface area contributed by atoms with Gasteiger partial charge < -0.3 is 29.9 Å². The number of piperidine rings is 1. The normalized spacial score (nSPS) is 20.1. The highest BCUT2D eigenvalue weighted by Gasteiger charge is 2.26. The predicted molar refractivity (Wildman–Crippen MR) is 122 cm³/mol. The number of hydrogen-bond acceptors (Lipinski definition) is 5. The summed E-state index contributed by atoms with van der Waals surface area (Å²) in [5.41, 5.74) is 5.73. The predicted octanol–water partition coefficient (Wildman–Crippen LogP) is 1.83. The van der Waals surface area contributed by atoms with E-state index in [4.69, 9.17) is 15.2 Å². The summed E-state index contributed by atoms with van der Waals surface area (Å²) in [6.07, 6.45) is 2.07. The van der Waals surface area contributed by atoms with Crippen LogP contribution in [0.2, 0.25) is 0 Å². The number of rotatable bonds is 5.